The Balaban J connectivity index is 2.50. The summed E-state index contributed by atoms with van der Waals surface area (Å²) in [4.78, 5) is 5.01. The average molecular weight is 110 g/mol. The van der Waals surface area contributed by atoms with E-state index in [1.165, 1.54) is 0 Å². The molecule has 0 aromatic carbocycles. The molecule has 1 aromatic heterocycles. The molecule has 2 heteroatoms. The molecule has 0 amide bonds. The summed E-state index contributed by atoms with van der Waals surface area (Å²) >= 11 is 0. The lowest BCUT2D eigenvalue weighted by Crippen LogP contribution is -2.07. The molecule has 1 rings (SSSR count). The first-order valence-corrected chi connectivity index (χ1v) is 2.62. The normalized spacial score (nSPS) is 9.12. The number of rotatable bonds is 2. The standard InChI is InChI=1S/C6H8NO/c1-2-8-7-5-3-4-6-7/h3-5H,2H2,1H3. The van der Waals surface area contributed by atoms with Crippen LogP contribution in [0.2, 0.25) is 0 Å². The highest BCUT2D eigenvalue weighted by atomic mass is 16.7. The molecule has 0 saturated heterocycles. The quantitative estimate of drug-likeness (QED) is 0.547. The molecule has 0 N–H and O–H groups in total. The minimum atomic E-state index is 0.686. The summed E-state index contributed by atoms with van der Waals surface area (Å²) in [6.45, 7) is 2.62. The zero-order valence-corrected chi connectivity index (χ0v) is 4.79. The molecule has 0 bridgehead atoms. The Bertz CT molecular complexity index is 134. The Hall–Kier alpha value is -0.920. The Morgan fingerprint density at radius 3 is 3.12 bits per heavy atom. The van der Waals surface area contributed by atoms with E-state index in [0.29, 0.717) is 6.61 Å². The molecule has 0 aliphatic carbocycles. The molecule has 1 heterocycles. The van der Waals surface area contributed by atoms with Gasteiger partial charge in [0.1, 0.15) is 12.8 Å². The first-order chi connectivity index (χ1) is 3.93. The lowest BCUT2D eigenvalue weighted by Gasteiger charge is -1.98. The molecular weight excluding hydrogens is 102 g/mol. The molecule has 1 aromatic rings. The van der Waals surface area contributed by atoms with Crippen LogP contribution in [0.25, 0.3) is 0 Å². The minimum absolute atomic E-state index is 0.686. The second kappa shape index (κ2) is 2.40. The van der Waals surface area contributed by atoms with Crippen molar-refractivity contribution in [3.63, 3.8) is 0 Å². The summed E-state index contributed by atoms with van der Waals surface area (Å²) in [5.41, 5.74) is 0. The van der Waals surface area contributed by atoms with Crippen molar-refractivity contribution >= 4 is 0 Å². The predicted molar refractivity (Wildman–Crippen MR) is 30.4 cm³/mol. The highest BCUT2D eigenvalue weighted by molar-refractivity contribution is 4.85. The van der Waals surface area contributed by atoms with Gasteiger partial charge in [-0.15, -0.1) is 0 Å². The molecule has 1 radical (unpaired) electrons. The third kappa shape index (κ3) is 1.03. The fourth-order valence-electron chi connectivity index (χ4n) is 0.500. The maximum absolute atomic E-state index is 5.01. The van der Waals surface area contributed by atoms with Crippen molar-refractivity contribution in [3.05, 3.63) is 24.5 Å². The van der Waals surface area contributed by atoms with Crippen molar-refractivity contribution in [1.29, 1.82) is 0 Å². The summed E-state index contributed by atoms with van der Waals surface area (Å²) in [5, 5.41) is 0. The number of nitrogens with zero attached hydrogens (tertiary/aromatic N) is 1. The van der Waals surface area contributed by atoms with Gasteiger partial charge in [0.2, 0.25) is 0 Å². The van der Waals surface area contributed by atoms with Crippen molar-refractivity contribution in [2.75, 3.05) is 6.61 Å². The van der Waals surface area contributed by atoms with Gasteiger partial charge in [-0.3, -0.25) is 0 Å². The molecule has 0 aliphatic rings. The lowest BCUT2D eigenvalue weighted by atomic mass is 10.7. The summed E-state index contributed by atoms with van der Waals surface area (Å²) in [6, 6.07) is 3.67. The zero-order chi connectivity index (χ0) is 5.82. The molecule has 0 atom stereocenters. The van der Waals surface area contributed by atoms with Gasteiger partial charge >= 0.3 is 0 Å². The molecule has 43 valence electrons. The highest BCUT2D eigenvalue weighted by Gasteiger charge is 1.81. The molecule has 0 saturated carbocycles. The molecule has 2 nitrogen and oxygen atoms in total. The van der Waals surface area contributed by atoms with E-state index >= 15 is 0 Å². The highest BCUT2D eigenvalue weighted by Crippen LogP contribution is 1.82. The number of aromatic nitrogens is 1. The van der Waals surface area contributed by atoms with Crippen molar-refractivity contribution < 1.29 is 4.84 Å². The van der Waals surface area contributed by atoms with Gasteiger partial charge in [-0.2, -0.15) is 4.73 Å². The number of hydrogen-bond acceptors (Lipinski definition) is 1. The van der Waals surface area contributed by atoms with Crippen molar-refractivity contribution in [3.8, 4) is 0 Å². The van der Waals surface area contributed by atoms with Gasteiger partial charge in [0.05, 0.1) is 0 Å². The van der Waals surface area contributed by atoms with Gasteiger partial charge in [0, 0.05) is 6.20 Å². The smallest absolute Gasteiger partial charge is 0.112 e. The monoisotopic (exact) mass is 110 g/mol. The Labute approximate surface area is 48.6 Å². The Morgan fingerprint density at radius 2 is 2.62 bits per heavy atom. The van der Waals surface area contributed by atoms with Crippen LogP contribution in [0.15, 0.2) is 18.3 Å². The van der Waals surface area contributed by atoms with Crippen LogP contribution in [0.3, 0.4) is 0 Å². The maximum Gasteiger partial charge on any atom is 0.112 e. The fraction of sp³-hybridized carbons (Fsp3) is 0.333. The number of hydrogen-bond donors (Lipinski definition) is 0. The molecule has 0 unspecified atom stereocenters. The average Bonchev–Trinajstić information content (AvgIpc) is 2.19. The summed E-state index contributed by atoms with van der Waals surface area (Å²) in [6.07, 6.45) is 4.64. The van der Waals surface area contributed by atoms with Crippen LogP contribution in [-0.4, -0.2) is 11.3 Å². The summed E-state index contributed by atoms with van der Waals surface area (Å²) in [7, 11) is 0. The van der Waals surface area contributed by atoms with Gasteiger partial charge in [-0.05, 0) is 19.1 Å². The molecular formula is C6H8NO. The zero-order valence-electron chi connectivity index (χ0n) is 4.79. The fourth-order valence-corrected chi connectivity index (χ4v) is 0.500. The third-order valence-electron chi connectivity index (χ3n) is 0.788. The van der Waals surface area contributed by atoms with E-state index in [0.717, 1.165) is 0 Å². The van der Waals surface area contributed by atoms with Gasteiger partial charge in [0.25, 0.3) is 0 Å². The predicted octanol–water partition coefficient (Wildman–Crippen LogP) is 0.737. The molecule has 0 fully saturated rings. The minimum Gasteiger partial charge on any atom is -0.414 e. The first-order valence-electron chi connectivity index (χ1n) is 2.62. The first kappa shape index (κ1) is 5.22. The second-order valence-corrected chi connectivity index (χ2v) is 1.38. The van der Waals surface area contributed by atoms with Gasteiger partial charge < -0.3 is 4.84 Å². The third-order valence-corrected chi connectivity index (χ3v) is 0.788. The topological polar surface area (TPSA) is 14.2 Å². The van der Waals surface area contributed by atoms with Crippen molar-refractivity contribution in [1.82, 2.24) is 4.73 Å². The van der Waals surface area contributed by atoms with E-state index in [9.17, 15) is 0 Å². The maximum atomic E-state index is 5.01. The van der Waals surface area contributed by atoms with Crippen LogP contribution < -0.4 is 4.84 Å². The Morgan fingerprint density at radius 1 is 1.75 bits per heavy atom. The van der Waals surface area contributed by atoms with Crippen molar-refractivity contribution in [2.45, 2.75) is 6.92 Å². The van der Waals surface area contributed by atoms with Crippen LogP contribution in [-0.2, 0) is 0 Å². The van der Waals surface area contributed by atoms with Crippen LogP contribution >= 0.6 is 0 Å². The van der Waals surface area contributed by atoms with E-state index in [1.807, 2.05) is 19.2 Å². The molecule has 0 aliphatic heterocycles. The van der Waals surface area contributed by atoms with E-state index in [-0.39, 0.29) is 0 Å². The van der Waals surface area contributed by atoms with Gasteiger partial charge in [0.15, 0.2) is 0 Å². The van der Waals surface area contributed by atoms with E-state index in [4.69, 9.17) is 4.84 Å². The van der Waals surface area contributed by atoms with Crippen LogP contribution in [0, 0.1) is 6.20 Å². The summed E-state index contributed by atoms with van der Waals surface area (Å²) in [5.74, 6) is 0. The van der Waals surface area contributed by atoms with Crippen molar-refractivity contribution in [2.24, 2.45) is 0 Å². The van der Waals surface area contributed by atoms with Gasteiger partial charge in [-0.1, -0.05) is 0 Å². The molecule has 8 heavy (non-hydrogen) atoms. The lowest BCUT2D eigenvalue weighted by molar-refractivity contribution is 0.121. The summed E-state index contributed by atoms with van der Waals surface area (Å²) < 4.78 is 1.56. The van der Waals surface area contributed by atoms with E-state index < -0.39 is 0 Å². The van der Waals surface area contributed by atoms with E-state index in [2.05, 4.69) is 6.20 Å². The Kier molecular flexibility index (Phi) is 1.57. The SMILES string of the molecule is CCOn1[c]ccc1. The largest absolute Gasteiger partial charge is 0.414 e. The van der Waals surface area contributed by atoms with Crippen LogP contribution in [0.4, 0.5) is 0 Å². The van der Waals surface area contributed by atoms with Crippen LogP contribution in [0.1, 0.15) is 6.92 Å². The molecule has 0 spiro atoms. The van der Waals surface area contributed by atoms with E-state index in [1.54, 1.807) is 10.8 Å². The van der Waals surface area contributed by atoms with Crippen LogP contribution in [0.5, 0.6) is 0 Å². The second-order valence-electron chi connectivity index (χ2n) is 1.38. The van der Waals surface area contributed by atoms with Gasteiger partial charge in [-0.25, -0.2) is 0 Å².